The van der Waals surface area contributed by atoms with E-state index < -0.39 is 0 Å². The highest BCUT2D eigenvalue weighted by Gasteiger charge is 2.24. The summed E-state index contributed by atoms with van der Waals surface area (Å²) in [4.78, 5) is 20.8. The SMILES string of the molecule is O=c1c2c3c(sc2nc(SCc2ccccc2)n1C[C@H]1CCCO1)CCCC3. The molecule has 2 aromatic heterocycles. The Hall–Kier alpha value is -1.63. The molecule has 0 spiro atoms. The van der Waals surface area contributed by atoms with Gasteiger partial charge in [0.15, 0.2) is 5.16 Å². The molecular formula is C22H24N2O2S2. The predicted molar refractivity (Wildman–Crippen MR) is 115 cm³/mol. The lowest BCUT2D eigenvalue weighted by Crippen LogP contribution is -2.29. The van der Waals surface area contributed by atoms with Gasteiger partial charge in [0.1, 0.15) is 4.83 Å². The normalized spacial score (nSPS) is 19.2. The largest absolute Gasteiger partial charge is 0.376 e. The molecule has 1 atom stereocenters. The minimum Gasteiger partial charge on any atom is -0.376 e. The fraction of sp³-hybridized carbons (Fsp3) is 0.455. The Labute approximate surface area is 172 Å². The summed E-state index contributed by atoms with van der Waals surface area (Å²) in [7, 11) is 0. The molecule has 0 radical (unpaired) electrons. The highest BCUT2D eigenvalue weighted by Crippen LogP contribution is 2.35. The summed E-state index contributed by atoms with van der Waals surface area (Å²) in [6, 6.07) is 10.4. The number of thiophene rings is 1. The lowest BCUT2D eigenvalue weighted by atomic mass is 9.97. The van der Waals surface area contributed by atoms with Gasteiger partial charge in [-0.3, -0.25) is 9.36 Å². The molecule has 0 bridgehead atoms. The van der Waals surface area contributed by atoms with Crippen LogP contribution >= 0.6 is 23.1 Å². The number of nitrogens with zero attached hydrogens (tertiary/aromatic N) is 2. The van der Waals surface area contributed by atoms with Crippen molar-refractivity contribution < 1.29 is 4.74 Å². The van der Waals surface area contributed by atoms with Gasteiger partial charge in [-0.2, -0.15) is 0 Å². The van der Waals surface area contributed by atoms with Crippen LogP contribution in [0, 0.1) is 0 Å². The second kappa shape index (κ2) is 8.01. The fourth-order valence-corrected chi connectivity index (χ4v) is 6.47. The molecule has 146 valence electrons. The smallest absolute Gasteiger partial charge is 0.263 e. The van der Waals surface area contributed by atoms with Crippen molar-refractivity contribution in [2.24, 2.45) is 0 Å². The van der Waals surface area contributed by atoms with Crippen LogP contribution in [0.1, 0.15) is 41.7 Å². The molecule has 5 rings (SSSR count). The van der Waals surface area contributed by atoms with E-state index in [1.54, 1.807) is 23.1 Å². The predicted octanol–water partition coefficient (Wildman–Crippen LogP) is 4.81. The first-order valence-corrected chi connectivity index (χ1v) is 11.9. The van der Waals surface area contributed by atoms with Crippen molar-refractivity contribution in [3.05, 3.63) is 56.7 Å². The first-order chi connectivity index (χ1) is 13.8. The quantitative estimate of drug-likeness (QED) is 0.446. The number of fused-ring (bicyclic) bond motifs is 3. The van der Waals surface area contributed by atoms with Crippen LogP contribution in [0.3, 0.4) is 0 Å². The zero-order valence-corrected chi connectivity index (χ0v) is 17.5. The van der Waals surface area contributed by atoms with Gasteiger partial charge in [0.05, 0.1) is 18.0 Å². The molecule has 1 aliphatic heterocycles. The van der Waals surface area contributed by atoms with Gasteiger partial charge in [-0.25, -0.2) is 4.98 Å². The number of thioether (sulfide) groups is 1. The van der Waals surface area contributed by atoms with Crippen LogP contribution in [0.25, 0.3) is 10.2 Å². The van der Waals surface area contributed by atoms with Gasteiger partial charge >= 0.3 is 0 Å². The van der Waals surface area contributed by atoms with E-state index in [-0.39, 0.29) is 11.7 Å². The van der Waals surface area contributed by atoms with Crippen molar-refractivity contribution in [3.63, 3.8) is 0 Å². The second-order valence-electron chi connectivity index (χ2n) is 7.61. The van der Waals surface area contributed by atoms with E-state index in [1.807, 2.05) is 10.6 Å². The molecule has 1 aliphatic carbocycles. The van der Waals surface area contributed by atoms with E-state index in [0.29, 0.717) is 6.54 Å². The maximum atomic E-state index is 13.5. The molecule has 0 amide bonds. The number of hydrogen-bond donors (Lipinski definition) is 0. The monoisotopic (exact) mass is 412 g/mol. The van der Waals surface area contributed by atoms with Crippen molar-refractivity contribution in [1.82, 2.24) is 9.55 Å². The Balaban J connectivity index is 1.56. The third kappa shape index (κ3) is 3.53. The molecule has 2 aliphatic rings. The molecule has 3 aromatic rings. The Morgan fingerprint density at radius 1 is 1.18 bits per heavy atom. The van der Waals surface area contributed by atoms with Crippen LogP contribution < -0.4 is 5.56 Å². The molecule has 0 saturated carbocycles. The lowest BCUT2D eigenvalue weighted by Gasteiger charge is -2.16. The third-order valence-corrected chi connectivity index (χ3v) is 7.89. The van der Waals surface area contributed by atoms with Gasteiger partial charge in [0.2, 0.25) is 0 Å². The van der Waals surface area contributed by atoms with Crippen molar-refractivity contribution in [2.45, 2.75) is 62.1 Å². The number of benzene rings is 1. The highest BCUT2D eigenvalue weighted by molar-refractivity contribution is 7.98. The Morgan fingerprint density at radius 2 is 2.04 bits per heavy atom. The van der Waals surface area contributed by atoms with E-state index in [0.717, 1.165) is 53.4 Å². The third-order valence-electron chi connectivity index (χ3n) is 5.66. The minimum atomic E-state index is 0.127. The van der Waals surface area contributed by atoms with Gasteiger partial charge in [-0.15, -0.1) is 11.3 Å². The molecule has 0 unspecified atom stereocenters. The molecule has 0 N–H and O–H groups in total. The zero-order chi connectivity index (χ0) is 18.9. The Morgan fingerprint density at radius 3 is 2.86 bits per heavy atom. The number of rotatable bonds is 5. The number of ether oxygens (including phenoxy) is 1. The fourth-order valence-electron chi connectivity index (χ4n) is 4.21. The van der Waals surface area contributed by atoms with E-state index >= 15 is 0 Å². The van der Waals surface area contributed by atoms with Crippen LogP contribution in [0.4, 0.5) is 0 Å². The van der Waals surface area contributed by atoms with E-state index in [4.69, 9.17) is 9.72 Å². The minimum absolute atomic E-state index is 0.127. The van der Waals surface area contributed by atoms with Crippen molar-refractivity contribution in [1.29, 1.82) is 0 Å². The average Bonchev–Trinajstić information content (AvgIpc) is 3.37. The zero-order valence-electron chi connectivity index (χ0n) is 15.9. The second-order valence-corrected chi connectivity index (χ2v) is 9.64. The maximum absolute atomic E-state index is 13.5. The summed E-state index contributed by atoms with van der Waals surface area (Å²) < 4.78 is 7.74. The summed E-state index contributed by atoms with van der Waals surface area (Å²) in [5.74, 6) is 0.815. The maximum Gasteiger partial charge on any atom is 0.263 e. The molecule has 4 nitrogen and oxygen atoms in total. The topological polar surface area (TPSA) is 44.1 Å². The van der Waals surface area contributed by atoms with Crippen LogP contribution in [-0.4, -0.2) is 22.3 Å². The molecule has 6 heteroatoms. The molecule has 3 heterocycles. The van der Waals surface area contributed by atoms with Gasteiger partial charge in [-0.1, -0.05) is 42.1 Å². The van der Waals surface area contributed by atoms with Gasteiger partial charge in [-0.05, 0) is 49.7 Å². The number of aromatic nitrogens is 2. The highest BCUT2D eigenvalue weighted by atomic mass is 32.2. The van der Waals surface area contributed by atoms with Crippen LogP contribution in [0.15, 0.2) is 40.3 Å². The van der Waals surface area contributed by atoms with E-state index in [1.165, 1.54) is 28.8 Å². The molecule has 1 saturated heterocycles. The van der Waals surface area contributed by atoms with E-state index in [9.17, 15) is 4.79 Å². The van der Waals surface area contributed by atoms with Crippen LogP contribution in [0.5, 0.6) is 0 Å². The lowest BCUT2D eigenvalue weighted by molar-refractivity contribution is 0.0937. The van der Waals surface area contributed by atoms with Gasteiger partial charge in [0, 0.05) is 17.2 Å². The van der Waals surface area contributed by atoms with Crippen LogP contribution in [-0.2, 0) is 29.9 Å². The summed E-state index contributed by atoms with van der Waals surface area (Å²) in [5, 5.41) is 1.71. The Bertz CT molecular complexity index is 1040. The van der Waals surface area contributed by atoms with E-state index in [2.05, 4.69) is 24.3 Å². The van der Waals surface area contributed by atoms with Crippen molar-refractivity contribution in [3.8, 4) is 0 Å². The summed E-state index contributed by atoms with van der Waals surface area (Å²) >= 11 is 3.39. The first-order valence-electron chi connectivity index (χ1n) is 10.1. The van der Waals surface area contributed by atoms with Crippen molar-refractivity contribution in [2.75, 3.05) is 6.61 Å². The Kier molecular flexibility index (Phi) is 5.26. The first kappa shape index (κ1) is 18.4. The van der Waals surface area contributed by atoms with Crippen molar-refractivity contribution >= 4 is 33.3 Å². The number of hydrogen-bond acceptors (Lipinski definition) is 5. The molecule has 28 heavy (non-hydrogen) atoms. The van der Waals surface area contributed by atoms with Gasteiger partial charge in [0.25, 0.3) is 5.56 Å². The molecular weight excluding hydrogens is 388 g/mol. The summed E-state index contributed by atoms with van der Waals surface area (Å²) in [6.07, 6.45) is 6.73. The standard InChI is InChI=1S/C22H24N2O2S2/c25-21-19-17-10-4-5-11-18(17)28-20(19)23-22(24(21)13-16-9-6-12-26-16)27-14-15-7-2-1-3-8-15/h1-3,7-8,16H,4-6,9-14H2/t16-/m1/s1. The van der Waals surface area contributed by atoms with Crippen LogP contribution in [0.2, 0.25) is 0 Å². The number of aryl methyl sites for hydroxylation is 2. The average molecular weight is 413 g/mol. The summed E-state index contributed by atoms with van der Waals surface area (Å²) in [6.45, 7) is 1.42. The van der Waals surface area contributed by atoms with Gasteiger partial charge < -0.3 is 4.74 Å². The molecule has 1 aromatic carbocycles. The molecule has 1 fully saturated rings. The summed E-state index contributed by atoms with van der Waals surface area (Å²) in [5.41, 5.74) is 2.65.